The zero-order valence-corrected chi connectivity index (χ0v) is 31.4. The number of halogens is 1. The fourth-order valence-corrected chi connectivity index (χ4v) is 8.23. The molecule has 3 aromatic carbocycles. The van der Waals surface area contributed by atoms with E-state index in [0.29, 0.717) is 53.7 Å². The lowest BCUT2D eigenvalue weighted by atomic mass is 9.95. The second-order valence-corrected chi connectivity index (χ2v) is 15.8. The number of para-hydroxylation sites is 1. The Morgan fingerprint density at radius 2 is 1.88 bits per heavy atom. The van der Waals surface area contributed by atoms with Crippen molar-refractivity contribution < 1.29 is 19.0 Å². The second kappa shape index (κ2) is 13.1. The topological polar surface area (TPSA) is 104 Å². The lowest BCUT2D eigenvalue weighted by Gasteiger charge is -2.41. The van der Waals surface area contributed by atoms with Crippen LogP contribution in [0, 0.1) is 6.92 Å². The first-order valence-corrected chi connectivity index (χ1v) is 18.6. The average Bonchev–Trinajstić information content (AvgIpc) is 3.47. The number of aromatic nitrogens is 4. The minimum absolute atomic E-state index is 0.133. The Bertz CT molecular complexity index is 2270. The highest BCUT2D eigenvalue weighted by Crippen LogP contribution is 2.49. The number of amides is 1. The number of anilines is 1. The molecule has 2 saturated heterocycles. The molecule has 0 N–H and O–H groups in total. The minimum Gasteiger partial charge on any atom is -0.489 e. The van der Waals surface area contributed by atoms with Gasteiger partial charge in [-0.25, -0.2) is 14.3 Å². The van der Waals surface area contributed by atoms with Gasteiger partial charge in [-0.2, -0.15) is 10.1 Å². The maximum absolute atomic E-state index is 14.5. The van der Waals surface area contributed by atoms with Crippen LogP contribution in [0.15, 0.2) is 53.5 Å². The Balaban J connectivity index is 1.35. The lowest BCUT2D eigenvalue weighted by molar-refractivity contribution is -0.0366. The van der Waals surface area contributed by atoms with Crippen molar-refractivity contribution in [2.75, 3.05) is 37.7 Å². The van der Waals surface area contributed by atoms with Crippen LogP contribution in [0.3, 0.4) is 0 Å². The Labute approximate surface area is 308 Å². The van der Waals surface area contributed by atoms with Gasteiger partial charge in [0.25, 0.3) is 0 Å². The normalized spacial score (nSPS) is 19.2. The number of ether oxygens (including phenoxy) is 3. The molecule has 1 unspecified atom stereocenters. The third kappa shape index (κ3) is 5.87. The standard InChI is InChI=1S/C40H45ClN6O5/c1-23(2)26-11-7-8-12-29(26)46-31-19-27(33-24(3)14-15-30-28(33)20-42-47(30)32-13-9-10-18-50-32)35(41)36-34(31)37(43-38(46)48)45-17-16-44(21-25(45)22-51-36)39(49)52-40(4,5)6/h7-8,11-12,14-15,19-20,23,25,32H,9-10,13,16-18,21-22H2,1-6H3/t25-,32?/m0/s1. The predicted octanol–water partition coefficient (Wildman–Crippen LogP) is 8.00. The van der Waals surface area contributed by atoms with Crippen LogP contribution < -0.4 is 15.3 Å². The van der Waals surface area contributed by atoms with Crippen molar-refractivity contribution in [3.05, 3.63) is 75.3 Å². The lowest BCUT2D eigenvalue weighted by Crippen LogP contribution is -2.57. The Morgan fingerprint density at radius 3 is 2.63 bits per heavy atom. The highest BCUT2D eigenvalue weighted by molar-refractivity contribution is 6.37. The van der Waals surface area contributed by atoms with Gasteiger partial charge in [-0.15, -0.1) is 0 Å². The van der Waals surface area contributed by atoms with Crippen molar-refractivity contribution in [2.45, 2.75) is 84.6 Å². The van der Waals surface area contributed by atoms with Crippen LogP contribution in [0.1, 0.15) is 77.2 Å². The summed E-state index contributed by atoms with van der Waals surface area (Å²) < 4.78 is 22.2. The number of aryl methyl sites for hydroxylation is 1. The van der Waals surface area contributed by atoms with Crippen molar-refractivity contribution in [1.82, 2.24) is 24.2 Å². The van der Waals surface area contributed by atoms with Crippen LogP contribution in [0.2, 0.25) is 5.02 Å². The van der Waals surface area contributed by atoms with E-state index in [-0.39, 0.29) is 30.9 Å². The monoisotopic (exact) mass is 724 g/mol. The van der Waals surface area contributed by atoms with Gasteiger partial charge in [-0.1, -0.05) is 49.7 Å². The van der Waals surface area contributed by atoms with Crippen LogP contribution in [0.5, 0.6) is 5.75 Å². The molecule has 3 aliphatic rings. The summed E-state index contributed by atoms with van der Waals surface area (Å²) in [4.78, 5) is 36.2. The van der Waals surface area contributed by atoms with Gasteiger partial charge in [0.05, 0.1) is 39.4 Å². The molecule has 2 atom stereocenters. The third-order valence-corrected chi connectivity index (χ3v) is 10.7. The van der Waals surface area contributed by atoms with Crippen molar-refractivity contribution in [3.8, 4) is 22.6 Å². The van der Waals surface area contributed by atoms with Crippen molar-refractivity contribution >= 4 is 45.3 Å². The first-order valence-electron chi connectivity index (χ1n) is 18.3. The summed E-state index contributed by atoms with van der Waals surface area (Å²) in [7, 11) is 0. The Hall–Kier alpha value is -4.61. The van der Waals surface area contributed by atoms with Gasteiger partial charge in [0, 0.05) is 37.2 Å². The molecule has 0 spiro atoms. The van der Waals surface area contributed by atoms with Crippen molar-refractivity contribution in [2.24, 2.45) is 0 Å². The fourth-order valence-electron chi connectivity index (χ4n) is 7.93. The predicted molar refractivity (Wildman–Crippen MR) is 203 cm³/mol. The largest absolute Gasteiger partial charge is 0.489 e. The number of fused-ring (bicyclic) bond motifs is 3. The zero-order chi connectivity index (χ0) is 36.5. The summed E-state index contributed by atoms with van der Waals surface area (Å²) in [5.74, 6) is 1.11. The molecule has 5 aromatic rings. The maximum Gasteiger partial charge on any atom is 0.410 e. The van der Waals surface area contributed by atoms with Gasteiger partial charge in [0.15, 0.2) is 12.0 Å². The number of hydrogen-bond donors (Lipinski definition) is 0. The summed E-state index contributed by atoms with van der Waals surface area (Å²) in [5.41, 5.74) is 5.01. The quantitative estimate of drug-likeness (QED) is 0.184. The van der Waals surface area contributed by atoms with Crippen LogP contribution >= 0.6 is 11.6 Å². The molecule has 0 saturated carbocycles. The third-order valence-electron chi connectivity index (χ3n) is 10.4. The van der Waals surface area contributed by atoms with Crippen molar-refractivity contribution in [3.63, 3.8) is 0 Å². The van der Waals surface area contributed by atoms with E-state index in [2.05, 4.69) is 43.9 Å². The number of benzene rings is 3. The highest BCUT2D eigenvalue weighted by Gasteiger charge is 2.38. The molecule has 2 aromatic heterocycles. The molecule has 5 heterocycles. The number of hydrogen-bond acceptors (Lipinski definition) is 8. The van der Waals surface area contributed by atoms with E-state index in [1.807, 2.05) is 55.9 Å². The molecule has 12 heteroatoms. The fraction of sp³-hybridized carbons (Fsp3) is 0.450. The van der Waals surface area contributed by atoms with E-state index in [9.17, 15) is 9.59 Å². The van der Waals surface area contributed by atoms with Gasteiger partial charge in [0.1, 0.15) is 18.0 Å². The molecule has 272 valence electrons. The van der Waals surface area contributed by atoms with Crippen LogP contribution in [-0.4, -0.2) is 74.8 Å². The molecule has 11 nitrogen and oxygen atoms in total. The van der Waals surface area contributed by atoms with Gasteiger partial charge in [0.2, 0.25) is 0 Å². The SMILES string of the molecule is Cc1ccc2c(cnn2C2CCCCO2)c1-c1cc2c3c(nc(=O)n2-c2ccccc2C(C)C)N2CCN(C(=O)OC(C)(C)C)C[C@H]2COc3c1Cl. The molecule has 1 amide bonds. The highest BCUT2D eigenvalue weighted by atomic mass is 35.5. The summed E-state index contributed by atoms with van der Waals surface area (Å²) in [6, 6.07) is 13.9. The molecule has 0 bridgehead atoms. The number of nitrogens with zero attached hydrogens (tertiary/aromatic N) is 6. The van der Waals surface area contributed by atoms with E-state index in [1.54, 1.807) is 9.47 Å². The molecule has 2 fully saturated rings. The summed E-state index contributed by atoms with van der Waals surface area (Å²) >= 11 is 7.50. The first kappa shape index (κ1) is 34.5. The van der Waals surface area contributed by atoms with E-state index < -0.39 is 11.3 Å². The van der Waals surface area contributed by atoms with Gasteiger partial charge < -0.3 is 24.0 Å². The van der Waals surface area contributed by atoms with Crippen LogP contribution in [-0.2, 0) is 9.47 Å². The van der Waals surface area contributed by atoms with Crippen LogP contribution in [0.25, 0.3) is 38.6 Å². The summed E-state index contributed by atoms with van der Waals surface area (Å²) in [6.07, 6.45) is 4.41. The van der Waals surface area contributed by atoms with E-state index in [1.165, 1.54) is 0 Å². The van der Waals surface area contributed by atoms with E-state index >= 15 is 0 Å². The zero-order valence-electron chi connectivity index (χ0n) is 30.6. The number of carbonyl (C=O) groups is 1. The summed E-state index contributed by atoms with van der Waals surface area (Å²) in [5, 5.41) is 6.86. The van der Waals surface area contributed by atoms with Gasteiger partial charge in [-0.3, -0.25) is 4.57 Å². The Kier molecular flexibility index (Phi) is 8.69. The molecule has 8 rings (SSSR count). The molecule has 0 aliphatic carbocycles. The van der Waals surface area contributed by atoms with E-state index in [4.69, 9.17) is 35.9 Å². The number of carbonyl (C=O) groups excluding carboxylic acids is 1. The average molecular weight is 725 g/mol. The molecular formula is C40H45ClN6O5. The molecular weight excluding hydrogens is 680 g/mol. The van der Waals surface area contributed by atoms with Gasteiger partial charge in [-0.05, 0) is 87.8 Å². The Morgan fingerprint density at radius 1 is 1.08 bits per heavy atom. The minimum atomic E-state index is -0.625. The van der Waals surface area contributed by atoms with Crippen LogP contribution in [0.4, 0.5) is 10.6 Å². The molecule has 0 radical (unpaired) electrons. The summed E-state index contributed by atoms with van der Waals surface area (Å²) in [6.45, 7) is 14.0. The molecule has 3 aliphatic heterocycles. The molecule has 52 heavy (non-hydrogen) atoms. The number of rotatable bonds is 4. The first-order chi connectivity index (χ1) is 24.9. The second-order valence-electron chi connectivity index (χ2n) is 15.4. The maximum atomic E-state index is 14.5. The smallest absolute Gasteiger partial charge is 0.410 e. The van der Waals surface area contributed by atoms with Gasteiger partial charge >= 0.3 is 11.8 Å². The van der Waals surface area contributed by atoms with E-state index in [0.717, 1.165) is 58.1 Å². The number of piperazine rings is 1. The van der Waals surface area contributed by atoms with Crippen molar-refractivity contribution in [1.29, 1.82) is 0 Å².